The molecular formula is C10H20N4O2. The number of rotatable bonds is 9. The van der Waals surface area contributed by atoms with Gasteiger partial charge in [0, 0.05) is 27.2 Å². The van der Waals surface area contributed by atoms with Crippen molar-refractivity contribution in [3.05, 3.63) is 12.4 Å². The summed E-state index contributed by atoms with van der Waals surface area (Å²) in [7, 11) is 3.55. The molecule has 0 bridgehead atoms. The van der Waals surface area contributed by atoms with Gasteiger partial charge in [0.2, 0.25) is 0 Å². The maximum Gasteiger partial charge on any atom is 0.120 e. The second-order valence-electron chi connectivity index (χ2n) is 3.08. The summed E-state index contributed by atoms with van der Waals surface area (Å²) in [5.41, 5.74) is 0. The van der Waals surface area contributed by atoms with Gasteiger partial charge < -0.3 is 20.1 Å². The van der Waals surface area contributed by atoms with E-state index in [0.717, 1.165) is 6.54 Å². The topological polar surface area (TPSA) is 69.5 Å². The van der Waals surface area contributed by atoms with Gasteiger partial charge in [-0.15, -0.1) is 0 Å². The van der Waals surface area contributed by atoms with Crippen LogP contribution in [-0.2, 0) is 4.74 Å². The third-order valence-corrected chi connectivity index (χ3v) is 1.63. The van der Waals surface area contributed by atoms with E-state index in [1.807, 2.05) is 11.9 Å². The summed E-state index contributed by atoms with van der Waals surface area (Å²) >= 11 is 0. The molecular weight excluding hydrogens is 208 g/mol. The van der Waals surface area contributed by atoms with Crippen molar-refractivity contribution in [2.75, 3.05) is 40.5 Å². The Hall–Kier alpha value is -1.40. The molecule has 0 heterocycles. The lowest BCUT2D eigenvalue weighted by Crippen LogP contribution is -2.21. The van der Waals surface area contributed by atoms with Crippen molar-refractivity contribution in [3.63, 3.8) is 0 Å². The Kier molecular flexibility index (Phi) is 9.24. The summed E-state index contributed by atoms with van der Waals surface area (Å²) in [5, 5.41) is 11.3. The molecule has 0 atom stereocenters. The Balaban J connectivity index is 3.71. The summed E-state index contributed by atoms with van der Waals surface area (Å²) in [6.07, 6.45) is 3.05. The number of methoxy groups -OCH3 is 1. The second-order valence-corrected chi connectivity index (χ2v) is 3.08. The predicted octanol–water partition coefficient (Wildman–Crippen LogP) is -0.326. The van der Waals surface area contributed by atoms with Crippen molar-refractivity contribution in [3.8, 4) is 0 Å². The van der Waals surface area contributed by atoms with E-state index in [1.165, 1.54) is 6.34 Å². The van der Waals surface area contributed by atoms with E-state index in [0.29, 0.717) is 19.0 Å². The smallest absolute Gasteiger partial charge is 0.120 e. The van der Waals surface area contributed by atoms with Gasteiger partial charge >= 0.3 is 0 Å². The summed E-state index contributed by atoms with van der Waals surface area (Å²) in [6, 6.07) is 0. The number of likely N-dealkylation sites (N-methyl/N-ethyl adjacent to an activating group) is 1. The molecule has 0 radical (unpaired) electrons. The molecule has 0 aromatic rings. The number of aliphatic hydroxyl groups is 1. The lowest BCUT2D eigenvalue weighted by Gasteiger charge is -2.10. The first-order valence-electron chi connectivity index (χ1n) is 4.99. The van der Waals surface area contributed by atoms with Gasteiger partial charge in [-0.05, 0) is 0 Å². The summed E-state index contributed by atoms with van der Waals surface area (Å²) in [6.45, 7) is 5.55. The minimum Gasteiger partial charge on any atom is -0.395 e. The number of hydrogen-bond donors (Lipinski definition) is 2. The van der Waals surface area contributed by atoms with E-state index in [1.54, 1.807) is 13.4 Å². The highest BCUT2D eigenvalue weighted by atomic mass is 16.5. The van der Waals surface area contributed by atoms with E-state index >= 15 is 0 Å². The fraction of sp³-hybridized carbons (Fsp3) is 0.600. The van der Waals surface area contributed by atoms with Crippen LogP contribution < -0.4 is 5.32 Å². The van der Waals surface area contributed by atoms with Gasteiger partial charge in [0.05, 0.1) is 19.6 Å². The minimum absolute atomic E-state index is 0.0531. The fourth-order valence-corrected chi connectivity index (χ4v) is 0.785. The van der Waals surface area contributed by atoms with Crippen LogP contribution in [0.15, 0.2) is 22.4 Å². The molecule has 0 amide bonds. The van der Waals surface area contributed by atoms with Gasteiger partial charge in [0.1, 0.15) is 12.2 Å². The van der Waals surface area contributed by atoms with Gasteiger partial charge in [-0.1, -0.05) is 6.58 Å². The largest absolute Gasteiger partial charge is 0.395 e. The lowest BCUT2D eigenvalue weighted by molar-refractivity contribution is 0.184. The molecule has 0 aliphatic carbocycles. The van der Waals surface area contributed by atoms with Crippen molar-refractivity contribution in [2.24, 2.45) is 9.98 Å². The SMILES string of the molecule is C=C(N=CN=CN(C)CCOC)NCCO. The van der Waals surface area contributed by atoms with Crippen molar-refractivity contribution in [1.29, 1.82) is 0 Å². The van der Waals surface area contributed by atoms with E-state index < -0.39 is 0 Å². The molecule has 6 nitrogen and oxygen atoms in total. The number of aliphatic imine (C=N–C) groups is 2. The third-order valence-electron chi connectivity index (χ3n) is 1.63. The monoisotopic (exact) mass is 228 g/mol. The average molecular weight is 228 g/mol. The van der Waals surface area contributed by atoms with Crippen LogP contribution in [0, 0.1) is 0 Å². The summed E-state index contributed by atoms with van der Waals surface area (Å²) in [4.78, 5) is 9.77. The standard InChI is InChI=1S/C10H20N4O2/c1-10(12-4-6-15)13-8-11-9-14(2)5-7-16-3/h8-9,12,15H,1,4-7H2,2-3H3. The molecule has 92 valence electrons. The summed E-state index contributed by atoms with van der Waals surface area (Å²) < 4.78 is 4.92. The maximum absolute atomic E-state index is 8.54. The zero-order chi connectivity index (χ0) is 12.2. The molecule has 0 saturated carbocycles. The van der Waals surface area contributed by atoms with Crippen LogP contribution in [0.4, 0.5) is 0 Å². The molecule has 0 fully saturated rings. The lowest BCUT2D eigenvalue weighted by atomic mass is 10.6. The van der Waals surface area contributed by atoms with Gasteiger partial charge in [-0.3, -0.25) is 0 Å². The molecule has 0 unspecified atom stereocenters. The number of hydrogen-bond acceptors (Lipinski definition) is 4. The van der Waals surface area contributed by atoms with Crippen LogP contribution in [0.25, 0.3) is 0 Å². The molecule has 2 N–H and O–H groups in total. The summed E-state index contributed by atoms with van der Waals surface area (Å²) in [5.74, 6) is 0.478. The quantitative estimate of drug-likeness (QED) is 0.419. The molecule has 6 heteroatoms. The van der Waals surface area contributed by atoms with E-state index in [-0.39, 0.29) is 6.61 Å². The first kappa shape index (κ1) is 14.6. The van der Waals surface area contributed by atoms with Crippen molar-refractivity contribution < 1.29 is 9.84 Å². The first-order chi connectivity index (χ1) is 7.70. The van der Waals surface area contributed by atoms with Crippen LogP contribution in [0.3, 0.4) is 0 Å². The molecule has 0 spiro atoms. The van der Waals surface area contributed by atoms with Gasteiger partial charge in [0.15, 0.2) is 0 Å². The first-order valence-corrected chi connectivity index (χ1v) is 4.99. The molecule has 0 saturated heterocycles. The predicted molar refractivity (Wildman–Crippen MR) is 65.7 cm³/mol. The minimum atomic E-state index is 0.0531. The molecule has 0 rings (SSSR count). The van der Waals surface area contributed by atoms with Crippen molar-refractivity contribution >= 4 is 12.7 Å². The van der Waals surface area contributed by atoms with Gasteiger partial charge in [-0.25, -0.2) is 9.98 Å². The van der Waals surface area contributed by atoms with Crippen LogP contribution in [-0.4, -0.2) is 63.1 Å². The number of nitrogens with zero attached hydrogens (tertiary/aromatic N) is 3. The third kappa shape index (κ3) is 9.17. The zero-order valence-electron chi connectivity index (χ0n) is 9.89. The Labute approximate surface area is 96.3 Å². The highest BCUT2D eigenvalue weighted by Crippen LogP contribution is 1.83. The molecule has 0 aliphatic heterocycles. The number of nitrogens with one attached hydrogen (secondary N) is 1. The Morgan fingerprint density at radius 2 is 2.38 bits per heavy atom. The van der Waals surface area contributed by atoms with E-state index in [2.05, 4.69) is 21.9 Å². The van der Waals surface area contributed by atoms with Crippen LogP contribution >= 0.6 is 0 Å². The molecule has 0 aromatic carbocycles. The van der Waals surface area contributed by atoms with Crippen molar-refractivity contribution in [1.82, 2.24) is 10.2 Å². The van der Waals surface area contributed by atoms with Crippen LogP contribution in [0.2, 0.25) is 0 Å². The van der Waals surface area contributed by atoms with Crippen LogP contribution in [0.1, 0.15) is 0 Å². The zero-order valence-corrected chi connectivity index (χ0v) is 9.89. The van der Waals surface area contributed by atoms with Gasteiger partial charge in [-0.2, -0.15) is 0 Å². The Bertz CT molecular complexity index is 241. The number of aliphatic hydroxyl groups excluding tert-OH is 1. The van der Waals surface area contributed by atoms with E-state index in [9.17, 15) is 0 Å². The number of ether oxygens (including phenoxy) is 1. The Morgan fingerprint density at radius 1 is 1.62 bits per heavy atom. The maximum atomic E-state index is 8.54. The molecule has 0 aliphatic rings. The Morgan fingerprint density at radius 3 is 3.00 bits per heavy atom. The highest BCUT2D eigenvalue weighted by molar-refractivity contribution is 5.71. The fourth-order valence-electron chi connectivity index (χ4n) is 0.785. The van der Waals surface area contributed by atoms with E-state index in [4.69, 9.17) is 9.84 Å². The second kappa shape index (κ2) is 10.1. The molecule has 0 aromatic heterocycles. The van der Waals surface area contributed by atoms with Crippen molar-refractivity contribution in [2.45, 2.75) is 0 Å². The normalized spacial score (nSPS) is 11.2. The molecule has 16 heavy (non-hydrogen) atoms. The highest BCUT2D eigenvalue weighted by Gasteiger charge is 1.89. The van der Waals surface area contributed by atoms with Crippen LogP contribution in [0.5, 0.6) is 0 Å². The van der Waals surface area contributed by atoms with Gasteiger partial charge in [0.25, 0.3) is 0 Å². The average Bonchev–Trinajstić information content (AvgIpc) is 2.29.